The number of rotatable bonds is 5. The molecule has 1 N–H and O–H groups in total. The molecule has 1 fully saturated rings. The fourth-order valence-electron chi connectivity index (χ4n) is 2.42. The maximum Gasteiger partial charge on any atom is 0.279 e. The molecule has 0 amide bonds. The molecule has 0 spiro atoms. The Balaban J connectivity index is 2.18. The van der Waals surface area contributed by atoms with Crippen LogP contribution in [0.4, 0.5) is 8.87 Å². The smallest absolute Gasteiger partial charge is 0.205 e. The Morgan fingerprint density at radius 1 is 1.45 bits per heavy atom. The van der Waals surface area contributed by atoms with Crippen LogP contribution < -0.4 is 4.72 Å². The highest BCUT2D eigenvalue weighted by atomic mass is 35.5. The van der Waals surface area contributed by atoms with Crippen molar-refractivity contribution in [3.63, 3.8) is 0 Å². The number of hydrogen-bond donors (Lipinski definition) is 1. The standard InChI is InChI=1S/C13H18ClF2N3O2S/c1-18(2)22(20,21)17-11-6-7-19(16)12(11)8-9-4-3-5-10(14)13(9)15/h3-5,11-12,17H,6-8H2,1-2H3/t11-,12+/m1/s1. The molecule has 124 valence electrons. The second-order valence-corrected chi connectivity index (χ2v) is 7.73. The van der Waals surface area contributed by atoms with Crippen molar-refractivity contribution in [3.05, 3.63) is 34.6 Å². The van der Waals surface area contributed by atoms with E-state index < -0.39 is 28.1 Å². The molecule has 2 rings (SSSR count). The van der Waals surface area contributed by atoms with Gasteiger partial charge in [-0.25, -0.2) is 4.39 Å². The van der Waals surface area contributed by atoms with Crippen LogP contribution in [0.5, 0.6) is 0 Å². The van der Waals surface area contributed by atoms with Gasteiger partial charge in [0.25, 0.3) is 10.2 Å². The summed E-state index contributed by atoms with van der Waals surface area (Å²) in [5.74, 6) is -0.598. The summed E-state index contributed by atoms with van der Waals surface area (Å²) in [5, 5.41) is 0.509. The van der Waals surface area contributed by atoms with Gasteiger partial charge in [-0.15, -0.1) is 9.60 Å². The molecule has 1 aliphatic heterocycles. The van der Waals surface area contributed by atoms with Gasteiger partial charge < -0.3 is 0 Å². The predicted molar refractivity (Wildman–Crippen MR) is 80.9 cm³/mol. The average Bonchev–Trinajstić information content (AvgIpc) is 2.76. The van der Waals surface area contributed by atoms with Crippen LogP contribution in [0.15, 0.2) is 18.2 Å². The van der Waals surface area contributed by atoms with Crippen LogP contribution >= 0.6 is 11.6 Å². The third kappa shape index (κ3) is 3.75. The summed E-state index contributed by atoms with van der Waals surface area (Å²) in [5.41, 5.74) is 0.260. The van der Waals surface area contributed by atoms with Crippen LogP contribution in [0.25, 0.3) is 0 Å². The molecule has 1 saturated heterocycles. The van der Waals surface area contributed by atoms with E-state index in [1.807, 2.05) is 0 Å². The van der Waals surface area contributed by atoms with E-state index in [4.69, 9.17) is 11.6 Å². The molecule has 9 heteroatoms. The summed E-state index contributed by atoms with van der Waals surface area (Å²) in [6.45, 7) is 0.0907. The van der Waals surface area contributed by atoms with Gasteiger partial charge in [-0.05, 0) is 24.5 Å². The molecular formula is C13H18ClF2N3O2S. The highest BCUT2D eigenvalue weighted by Crippen LogP contribution is 2.26. The first-order valence-corrected chi connectivity index (χ1v) is 8.59. The first-order valence-electron chi connectivity index (χ1n) is 6.77. The van der Waals surface area contributed by atoms with Gasteiger partial charge in [-0.1, -0.05) is 23.7 Å². The monoisotopic (exact) mass is 353 g/mol. The fourth-order valence-corrected chi connectivity index (χ4v) is 3.49. The molecule has 1 heterocycles. The molecule has 5 nitrogen and oxygen atoms in total. The van der Waals surface area contributed by atoms with Gasteiger partial charge >= 0.3 is 0 Å². The molecule has 0 unspecified atom stereocenters. The van der Waals surface area contributed by atoms with E-state index in [9.17, 15) is 17.3 Å². The van der Waals surface area contributed by atoms with Gasteiger partial charge in [-0.2, -0.15) is 17.4 Å². The summed E-state index contributed by atoms with van der Waals surface area (Å²) >= 11 is 5.72. The third-order valence-electron chi connectivity index (χ3n) is 3.72. The van der Waals surface area contributed by atoms with Crippen molar-refractivity contribution in [1.82, 2.24) is 14.1 Å². The van der Waals surface area contributed by atoms with Gasteiger partial charge in [0, 0.05) is 26.7 Å². The summed E-state index contributed by atoms with van der Waals surface area (Å²) in [6, 6.07) is 3.11. The molecule has 0 radical (unpaired) electrons. The predicted octanol–water partition coefficient (Wildman–Crippen LogP) is 1.75. The van der Waals surface area contributed by atoms with E-state index in [0.29, 0.717) is 11.5 Å². The maximum absolute atomic E-state index is 14.0. The van der Waals surface area contributed by atoms with Gasteiger partial charge in [0.2, 0.25) is 0 Å². The Morgan fingerprint density at radius 3 is 2.77 bits per heavy atom. The summed E-state index contributed by atoms with van der Waals surface area (Å²) in [6.07, 6.45) is 0.347. The number of hydrogen-bond acceptors (Lipinski definition) is 3. The second kappa shape index (κ2) is 6.76. The summed E-state index contributed by atoms with van der Waals surface area (Å²) in [7, 11) is -0.908. The highest BCUT2D eigenvalue weighted by molar-refractivity contribution is 7.87. The zero-order valence-corrected chi connectivity index (χ0v) is 13.8. The molecule has 1 aromatic rings. The lowest BCUT2D eigenvalue weighted by molar-refractivity contribution is 0.00693. The normalized spacial score (nSPS) is 23.4. The Morgan fingerprint density at radius 2 is 2.14 bits per heavy atom. The maximum atomic E-state index is 14.0. The van der Waals surface area contributed by atoms with Crippen LogP contribution in [0, 0.1) is 5.82 Å². The summed E-state index contributed by atoms with van der Waals surface area (Å²) < 4.78 is 55.2. The molecule has 22 heavy (non-hydrogen) atoms. The molecular weight excluding hydrogens is 336 g/mol. The van der Waals surface area contributed by atoms with Crippen LogP contribution in [0.3, 0.4) is 0 Å². The van der Waals surface area contributed by atoms with Crippen molar-refractivity contribution >= 4 is 21.8 Å². The minimum atomic E-state index is -3.68. The van der Waals surface area contributed by atoms with E-state index in [1.165, 1.54) is 26.2 Å². The van der Waals surface area contributed by atoms with Gasteiger partial charge in [0.1, 0.15) is 5.82 Å². The number of nitrogens with one attached hydrogen (secondary N) is 1. The molecule has 0 bridgehead atoms. The lowest BCUT2D eigenvalue weighted by atomic mass is 10.0. The quantitative estimate of drug-likeness (QED) is 0.820. The topological polar surface area (TPSA) is 52.7 Å². The molecule has 0 aliphatic carbocycles. The van der Waals surface area contributed by atoms with Crippen LogP contribution in [-0.4, -0.2) is 50.6 Å². The number of nitrogens with zero attached hydrogens (tertiary/aromatic N) is 2. The minimum Gasteiger partial charge on any atom is -0.205 e. The zero-order chi connectivity index (χ0) is 16.5. The van der Waals surface area contributed by atoms with Crippen molar-refractivity contribution in [2.45, 2.75) is 24.9 Å². The number of benzene rings is 1. The summed E-state index contributed by atoms with van der Waals surface area (Å²) in [4.78, 5) is 0. The van der Waals surface area contributed by atoms with E-state index in [-0.39, 0.29) is 23.6 Å². The Labute approximate surface area is 134 Å². The van der Waals surface area contributed by atoms with Crippen LogP contribution in [-0.2, 0) is 16.6 Å². The Bertz CT molecular complexity index is 642. The molecule has 1 aromatic carbocycles. The fraction of sp³-hybridized carbons (Fsp3) is 0.538. The average molecular weight is 354 g/mol. The SMILES string of the molecule is CN(C)S(=O)(=O)N[C@@H]1CCN(F)[C@H]1Cc1cccc(Cl)c1F. The lowest BCUT2D eigenvalue weighted by Gasteiger charge is -2.24. The van der Waals surface area contributed by atoms with Crippen molar-refractivity contribution in [2.75, 3.05) is 20.6 Å². The van der Waals surface area contributed by atoms with Crippen LogP contribution in [0.2, 0.25) is 5.02 Å². The molecule has 0 aromatic heterocycles. The van der Waals surface area contributed by atoms with Crippen molar-refractivity contribution < 1.29 is 17.3 Å². The minimum absolute atomic E-state index is 0.0313. The van der Waals surface area contributed by atoms with E-state index in [2.05, 4.69) is 4.72 Å². The lowest BCUT2D eigenvalue weighted by Crippen LogP contribution is -2.48. The molecule has 1 aliphatic rings. The van der Waals surface area contributed by atoms with E-state index in [1.54, 1.807) is 6.07 Å². The van der Waals surface area contributed by atoms with Gasteiger partial charge in [-0.3, -0.25) is 0 Å². The Hall–Kier alpha value is -0.800. The van der Waals surface area contributed by atoms with Gasteiger partial charge in [0.05, 0.1) is 11.1 Å². The van der Waals surface area contributed by atoms with E-state index in [0.717, 1.165) is 4.31 Å². The highest BCUT2D eigenvalue weighted by Gasteiger charge is 2.38. The molecule has 0 saturated carbocycles. The third-order valence-corrected chi connectivity index (χ3v) is 5.57. The number of halogens is 3. The first kappa shape index (κ1) is 17.6. The largest absolute Gasteiger partial charge is 0.279 e. The molecule has 2 atom stereocenters. The first-order chi connectivity index (χ1) is 10.2. The van der Waals surface area contributed by atoms with Gasteiger partial charge in [0.15, 0.2) is 0 Å². The van der Waals surface area contributed by atoms with Crippen molar-refractivity contribution in [2.24, 2.45) is 0 Å². The van der Waals surface area contributed by atoms with Crippen molar-refractivity contribution in [3.8, 4) is 0 Å². The second-order valence-electron chi connectivity index (χ2n) is 5.41. The van der Waals surface area contributed by atoms with Crippen LogP contribution in [0.1, 0.15) is 12.0 Å². The zero-order valence-electron chi connectivity index (χ0n) is 12.3. The van der Waals surface area contributed by atoms with E-state index >= 15 is 0 Å². The van der Waals surface area contributed by atoms with Crippen molar-refractivity contribution in [1.29, 1.82) is 0 Å². The Kier molecular flexibility index (Phi) is 5.39.